The number of nitrogens with one attached hydrogen (secondary N) is 2. The molecule has 7 nitrogen and oxygen atoms in total. The molecule has 150 valence electrons. The first-order valence-corrected chi connectivity index (χ1v) is 9.49. The molecule has 2 N–H and O–H groups in total. The lowest BCUT2D eigenvalue weighted by molar-refractivity contribution is 0.313. The minimum atomic E-state index is -0.692. The first-order chi connectivity index (χ1) is 14.0. The predicted octanol–water partition coefficient (Wildman–Crippen LogP) is 1.98. The zero-order valence-electron chi connectivity index (χ0n) is 16.4. The summed E-state index contributed by atoms with van der Waals surface area (Å²) in [5.74, 6) is -0.692. The Hall–Kier alpha value is -3.26. The molecule has 1 fully saturated rings. The van der Waals surface area contributed by atoms with Crippen LogP contribution < -0.4 is 15.8 Å². The Bertz CT molecular complexity index is 1120. The zero-order valence-corrected chi connectivity index (χ0v) is 16.4. The molecule has 0 saturated carbocycles. The molecule has 0 radical (unpaired) electrons. The second-order valence-corrected chi connectivity index (χ2v) is 7.24. The number of benzene rings is 1. The molecule has 1 aliphatic carbocycles. The molecule has 2 aliphatic rings. The van der Waals surface area contributed by atoms with Crippen molar-refractivity contribution in [2.75, 3.05) is 45.2 Å². The molecule has 1 aliphatic heterocycles. The highest BCUT2D eigenvalue weighted by Gasteiger charge is 2.19. The van der Waals surface area contributed by atoms with Crippen LogP contribution in [0.5, 0.6) is 0 Å². The average molecular weight is 394 g/mol. The Morgan fingerprint density at radius 2 is 1.97 bits per heavy atom. The van der Waals surface area contributed by atoms with Crippen LogP contribution >= 0.6 is 0 Å². The van der Waals surface area contributed by atoms with Gasteiger partial charge in [0.1, 0.15) is 6.33 Å². The average Bonchev–Trinajstić information content (AvgIpc) is 2.72. The molecular formula is C21H23FN6O. The number of fused-ring (bicyclic) bond motifs is 1. The number of likely N-dealkylation sites (N-methyl/N-ethyl adjacent to an activating group) is 1. The third-order valence-electron chi connectivity index (χ3n) is 5.29. The molecule has 29 heavy (non-hydrogen) atoms. The number of anilines is 1. The van der Waals surface area contributed by atoms with E-state index in [1.165, 1.54) is 23.2 Å². The van der Waals surface area contributed by atoms with Gasteiger partial charge in [0.15, 0.2) is 5.83 Å². The Balaban J connectivity index is 1.78. The Kier molecular flexibility index (Phi) is 5.02. The van der Waals surface area contributed by atoms with E-state index in [-0.39, 0.29) is 11.3 Å². The molecule has 1 saturated heterocycles. The third kappa shape index (κ3) is 3.58. The van der Waals surface area contributed by atoms with Crippen LogP contribution in [0.4, 0.5) is 10.1 Å². The van der Waals surface area contributed by atoms with Crippen molar-refractivity contribution >= 4 is 28.0 Å². The summed E-state index contributed by atoms with van der Waals surface area (Å²) in [5.41, 5.74) is 1.80. The molecule has 2 aromatic rings. The number of halogens is 1. The predicted molar refractivity (Wildman–Crippen MR) is 114 cm³/mol. The zero-order chi connectivity index (χ0) is 20.5. The van der Waals surface area contributed by atoms with Gasteiger partial charge in [0.05, 0.1) is 22.3 Å². The first kappa shape index (κ1) is 19.1. The van der Waals surface area contributed by atoms with Gasteiger partial charge in [-0.1, -0.05) is 0 Å². The van der Waals surface area contributed by atoms with E-state index in [0.29, 0.717) is 22.2 Å². The maximum absolute atomic E-state index is 14.3. The fourth-order valence-corrected chi connectivity index (χ4v) is 3.58. The van der Waals surface area contributed by atoms with Gasteiger partial charge >= 0.3 is 0 Å². The van der Waals surface area contributed by atoms with Crippen LogP contribution in [0, 0.1) is 5.41 Å². The molecular weight excluding hydrogens is 371 g/mol. The van der Waals surface area contributed by atoms with Gasteiger partial charge in [0.2, 0.25) is 0 Å². The van der Waals surface area contributed by atoms with Crippen molar-refractivity contribution in [2.45, 2.75) is 0 Å². The quantitative estimate of drug-likeness (QED) is 0.833. The van der Waals surface area contributed by atoms with Gasteiger partial charge in [-0.3, -0.25) is 14.8 Å². The van der Waals surface area contributed by atoms with Crippen molar-refractivity contribution < 1.29 is 4.39 Å². The lowest BCUT2D eigenvalue weighted by atomic mass is 10.0. The van der Waals surface area contributed by atoms with Crippen molar-refractivity contribution in [3.05, 3.63) is 64.6 Å². The topological polar surface area (TPSA) is 77.2 Å². The van der Waals surface area contributed by atoms with Crippen molar-refractivity contribution in [3.8, 4) is 0 Å². The molecule has 8 heteroatoms. The highest BCUT2D eigenvalue weighted by Crippen LogP contribution is 2.24. The second kappa shape index (κ2) is 7.63. The summed E-state index contributed by atoms with van der Waals surface area (Å²) in [5, 5.41) is 11.1. The fraction of sp³-hybridized carbons (Fsp3) is 0.286. The van der Waals surface area contributed by atoms with E-state index in [4.69, 9.17) is 5.41 Å². The Labute approximate surface area is 168 Å². The summed E-state index contributed by atoms with van der Waals surface area (Å²) in [6.45, 7) is 3.74. The van der Waals surface area contributed by atoms with Gasteiger partial charge in [-0.05, 0) is 31.3 Å². The lowest BCUT2D eigenvalue weighted by Gasteiger charge is -2.34. The summed E-state index contributed by atoms with van der Waals surface area (Å²) in [7, 11) is 3.77. The van der Waals surface area contributed by atoms with E-state index in [9.17, 15) is 9.18 Å². The molecule has 0 atom stereocenters. The van der Waals surface area contributed by atoms with Crippen LogP contribution in [0.25, 0.3) is 16.6 Å². The van der Waals surface area contributed by atoms with Crippen LogP contribution in [0.2, 0.25) is 0 Å². The Morgan fingerprint density at radius 3 is 2.69 bits per heavy atom. The minimum absolute atomic E-state index is 0.220. The molecule has 2 heterocycles. The standard InChI is InChI=1S/C21H23FN6O/c1-24-12-14-9-16(11-18(22)20(14)23)28-13-25-19-4-3-15(10-17(19)21(28)29)27-7-5-26(2)6-8-27/h3-4,9-13,23-24H,5-8H2,1-2H3/b14-12-,23-20?. The largest absolute Gasteiger partial charge is 0.393 e. The van der Waals surface area contributed by atoms with E-state index < -0.39 is 5.83 Å². The van der Waals surface area contributed by atoms with E-state index in [0.717, 1.165) is 31.9 Å². The number of hydrogen-bond donors (Lipinski definition) is 2. The molecule has 0 bridgehead atoms. The fourth-order valence-electron chi connectivity index (χ4n) is 3.58. The molecule has 0 amide bonds. The van der Waals surface area contributed by atoms with Crippen LogP contribution in [0.15, 0.2) is 59.1 Å². The minimum Gasteiger partial charge on any atom is -0.393 e. The van der Waals surface area contributed by atoms with Crippen molar-refractivity contribution in [1.82, 2.24) is 19.8 Å². The maximum atomic E-state index is 14.3. The van der Waals surface area contributed by atoms with Crippen LogP contribution in [0.3, 0.4) is 0 Å². The van der Waals surface area contributed by atoms with Crippen molar-refractivity contribution in [2.24, 2.45) is 0 Å². The van der Waals surface area contributed by atoms with Gasteiger partial charge in [-0.2, -0.15) is 0 Å². The third-order valence-corrected chi connectivity index (χ3v) is 5.29. The summed E-state index contributed by atoms with van der Waals surface area (Å²) in [6.07, 6.45) is 5.72. The van der Waals surface area contributed by atoms with Crippen LogP contribution in [-0.4, -0.2) is 60.4 Å². The lowest BCUT2D eigenvalue weighted by Crippen LogP contribution is -2.44. The van der Waals surface area contributed by atoms with E-state index in [1.807, 2.05) is 18.2 Å². The number of nitrogens with zero attached hydrogens (tertiary/aromatic N) is 4. The van der Waals surface area contributed by atoms with E-state index in [1.54, 1.807) is 13.1 Å². The first-order valence-electron chi connectivity index (χ1n) is 9.49. The monoisotopic (exact) mass is 394 g/mol. The molecule has 0 spiro atoms. The second-order valence-electron chi connectivity index (χ2n) is 7.24. The number of piperazine rings is 1. The summed E-state index contributed by atoms with van der Waals surface area (Å²) in [4.78, 5) is 22.1. The normalized spacial score (nSPS) is 19.5. The summed E-state index contributed by atoms with van der Waals surface area (Å²) in [6, 6.07) is 5.70. The number of allylic oxidation sites excluding steroid dienone is 5. The van der Waals surface area contributed by atoms with Gasteiger partial charge in [-0.15, -0.1) is 0 Å². The smallest absolute Gasteiger partial charge is 0.265 e. The van der Waals surface area contributed by atoms with E-state index >= 15 is 0 Å². The SMILES string of the molecule is CN/C=C1/C=C(n2cnc3ccc(N4CCN(C)CC4)cc3c2=O)C=C(F)C1=N. The summed E-state index contributed by atoms with van der Waals surface area (Å²) < 4.78 is 15.6. The van der Waals surface area contributed by atoms with Crippen LogP contribution in [-0.2, 0) is 0 Å². The van der Waals surface area contributed by atoms with Crippen molar-refractivity contribution in [1.29, 1.82) is 5.41 Å². The number of hydrogen-bond acceptors (Lipinski definition) is 6. The Morgan fingerprint density at radius 1 is 1.21 bits per heavy atom. The van der Waals surface area contributed by atoms with Gasteiger partial charge in [0, 0.05) is 56.8 Å². The maximum Gasteiger partial charge on any atom is 0.265 e. The van der Waals surface area contributed by atoms with Gasteiger partial charge in [0.25, 0.3) is 5.56 Å². The highest BCUT2D eigenvalue weighted by molar-refractivity contribution is 6.14. The van der Waals surface area contributed by atoms with Crippen LogP contribution in [0.1, 0.15) is 0 Å². The number of rotatable bonds is 3. The molecule has 0 unspecified atom stereocenters. The molecule has 1 aromatic carbocycles. The molecule has 4 rings (SSSR count). The van der Waals surface area contributed by atoms with Gasteiger partial charge in [-0.25, -0.2) is 9.37 Å². The number of aromatic nitrogens is 2. The highest BCUT2D eigenvalue weighted by atomic mass is 19.1. The van der Waals surface area contributed by atoms with Gasteiger partial charge < -0.3 is 15.1 Å². The molecule has 1 aromatic heterocycles. The summed E-state index contributed by atoms with van der Waals surface area (Å²) >= 11 is 0. The van der Waals surface area contributed by atoms with E-state index in [2.05, 4.69) is 27.1 Å². The van der Waals surface area contributed by atoms with Crippen molar-refractivity contribution in [3.63, 3.8) is 0 Å².